The van der Waals surface area contributed by atoms with Crippen LogP contribution in [0, 0.1) is 12.8 Å². The minimum Gasteiger partial charge on any atom is -0.330 e. The van der Waals surface area contributed by atoms with Crippen molar-refractivity contribution < 1.29 is 4.79 Å². The molecule has 178 valence electrons. The highest BCUT2D eigenvalue weighted by atomic mass is 16.1. The van der Waals surface area contributed by atoms with Crippen LogP contribution in [0.5, 0.6) is 0 Å². The van der Waals surface area contributed by atoms with E-state index in [0.29, 0.717) is 0 Å². The Morgan fingerprint density at radius 3 is 2.65 bits per heavy atom. The molecule has 1 fully saturated rings. The minimum atomic E-state index is 0.166. The van der Waals surface area contributed by atoms with Crippen LogP contribution in [0.15, 0.2) is 54.9 Å². The second-order valence-electron chi connectivity index (χ2n) is 9.92. The van der Waals surface area contributed by atoms with E-state index in [9.17, 15) is 4.79 Å². The Hall–Kier alpha value is -2.92. The Labute approximate surface area is 202 Å². The van der Waals surface area contributed by atoms with Crippen molar-refractivity contribution in [3.05, 3.63) is 66.0 Å². The molecule has 1 aliphatic carbocycles. The molecule has 2 heterocycles. The van der Waals surface area contributed by atoms with Crippen LogP contribution in [0.4, 0.5) is 5.69 Å². The molecule has 0 spiro atoms. The molecule has 1 aromatic heterocycles. The molecule has 1 amide bonds. The van der Waals surface area contributed by atoms with Crippen molar-refractivity contribution in [3.63, 3.8) is 0 Å². The second kappa shape index (κ2) is 10.6. The van der Waals surface area contributed by atoms with Gasteiger partial charge in [0, 0.05) is 31.2 Å². The molecular weight excluding hydrogens is 420 g/mol. The lowest BCUT2D eigenvalue weighted by Gasteiger charge is -2.26. The van der Waals surface area contributed by atoms with Gasteiger partial charge in [0.15, 0.2) is 0 Å². The summed E-state index contributed by atoms with van der Waals surface area (Å²) in [6.07, 6.45) is 12.2. The number of anilines is 1. The zero-order chi connectivity index (χ0) is 23.3. The van der Waals surface area contributed by atoms with Gasteiger partial charge in [-0.2, -0.15) is 0 Å². The molecule has 0 saturated heterocycles. The highest BCUT2D eigenvalue weighted by Crippen LogP contribution is 2.28. The van der Waals surface area contributed by atoms with Crippen molar-refractivity contribution in [1.29, 1.82) is 0 Å². The van der Waals surface area contributed by atoms with Gasteiger partial charge in [0.2, 0.25) is 5.91 Å². The van der Waals surface area contributed by atoms with E-state index in [1.54, 1.807) is 0 Å². The zero-order valence-electron chi connectivity index (χ0n) is 20.3. The number of fused-ring (bicyclic) bond motifs is 1. The summed E-state index contributed by atoms with van der Waals surface area (Å²) in [4.78, 5) is 19.7. The number of benzene rings is 2. The fourth-order valence-corrected chi connectivity index (χ4v) is 5.54. The standard InChI is InChI=1S/C29H36N4O/c1-22-19-26(31-29(34)25-11-5-6-12-25)20-27-28(22)33(21-30-27)16-8-7-15-32-17-13-24(14-18-32)23-9-3-2-4-10-23/h2-4,9-10,13,19-21,25H,5-8,11-12,14-18H2,1H3,(H,31,34). The third kappa shape index (κ3) is 5.25. The van der Waals surface area contributed by atoms with E-state index in [0.717, 1.165) is 63.1 Å². The SMILES string of the molecule is Cc1cc(NC(=O)C2CCCC2)cc2ncn(CCCCN3CC=C(c4ccccc4)CC3)c12. The molecule has 1 aliphatic heterocycles. The Morgan fingerprint density at radius 2 is 1.88 bits per heavy atom. The maximum atomic E-state index is 12.5. The highest BCUT2D eigenvalue weighted by Gasteiger charge is 2.23. The molecule has 2 aliphatic rings. The Bertz CT molecular complexity index is 1160. The first kappa shape index (κ1) is 22.9. The van der Waals surface area contributed by atoms with E-state index in [1.807, 2.05) is 12.4 Å². The fourth-order valence-electron chi connectivity index (χ4n) is 5.54. The van der Waals surface area contributed by atoms with Gasteiger partial charge in [0.25, 0.3) is 0 Å². The maximum absolute atomic E-state index is 12.5. The number of rotatable bonds is 8. The molecule has 34 heavy (non-hydrogen) atoms. The predicted octanol–water partition coefficient (Wildman–Crippen LogP) is 6.04. The molecule has 0 unspecified atom stereocenters. The van der Waals surface area contributed by atoms with Crippen LogP contribution in [0.25, 0.3) is 16.6 Å². The maximum Gasteiger partial charge on any atom is 0.227 e. The summed E-state index contributed by atoms with van der Waals surface area (Å²) < 4.78 is 2.27. The Kier molecular flexibility index (Phi) is 7.10. The Morgan fingerprint density at radius 1 is 1.09 bits per heavy atom. The molecular formula is C29H36N4O. The first-order chi connectivity index (χ1) is 16.7. The summed E-state index contributed by atoms with van der Waals surface area (Å²) >= 11 is 0. The molecule has 5 nitrogen and oxygen atoms in total. The van der Waals surface area contributed by atoms with E-state index in [1.165, 1.54) is 41.5 Å². The lowest BCUT2D eigenvalue weighted by molar-refractivity contribution is -0.119. The van der Waals surface area contributed by atoms with Gasteiger partial charge in [-0.05, 0) is 74.4 Å². The number of carbonyl (C=O) groups excluding carboxylic acids is 1. The lowest BCUT2D eigenvalue weighted by Crippen LogP contribution is -2.29. The number of unbranched alkanes of at least 4 members (excludes halogenated alkanes) is 1. The van der Waals surface area contributed by atoms with Gasteiger partial charge < -0.3 is 9.88 Å². The molecule has 3 aromatic rings. The smallest absolute Gasteiger partial charge is 0.227 e. The number of amides is 1. The quantitative estimate of drug-likeness (QED) is 0.420. The summed E-state index contributed by atoms with van der Waals surface area (Å²) in [5, 5.41) is 3.13. The number of hydrogen-bond acceptors (Lipinski definition) is 3. The van der Waals surface area contributed by atoms with Crippen LogP contribution >= 0.6 is 0 Å². The van der Waals surface area contributed by atoms with Crippen LogP contribution in [0.1, 0.15) is 56.1 Å². The summed E-state index contributed by atoms with van der Waals surface area (Å²) in [6, 6.07) is 14.9. The van der Waals surface area contributed by atoms with Crippen molar-refractivity contribution in [3.8, 4) is 0 Å². The summed E-state index contributed by atoms with van der Waals surface area (Å²) in [6.45, 7) is 6.43. The van der Waals surface area contributed by atoms with Crippen LogP contribution < -0.4 is 5.32 Å². The first-order valence-corrected chi connectivity index (χ1v) is 12.9. The number of aromatic nitrogens is 2. The molecule has 5 heteroatoms. The van der Waals surface area contributed by atoms with Crippen molar-refractivity contribution in [2.75, 3.05) is 25.0 Å². The fraction of sp³-hybridized carbons (Fsp3) is 0.448. The monoisotopic (exact) mass is 456 g/mol. The number of carbonyl (C=O) groups is 1. The van der Waals surface area contributed by atoms with Crippen LogP contribution in [0.2, 0.25) is 0 Å². The van der Waals surface area contributed by atoms with Crippen molar-refractivity contribution in [2.24, 2.45) is 5.92 Å². The summed E-state index contributed by atoms with van der Waals surface area (Å²) in [5.74, 6) is 0.341. The molecule has 0 bridgehead atoms. The Balaban J connectivity index is 1.12. The van der Waals surface area contributed by atoms with Gasteiger partial charge in [0.05, 0.1) is 17.4 Å². The first-order valence-electron chi connectivity index (χ1n) is 12.9. The number of aryl methyl sites for hydroxylation is 2. The van der Waals surface area contributed by atoms with Gasteiger partial charge in [0.1, 0.15) is 0 Å². The number of hydrogen-bond donors (Lipinski definition) is 1. The third-order valence-electron chi connectivity index (χ3n) is 7.46. The van der Waals surface area contributed by atoms with Gasteiger partial charge in [-0.3, -0.25) is 9.69 Å². The molecule has 5 rings (SSSR count). The lowest BCUT2D eigenvalue weighted by atomic mass is 9.99. The molecule has 1 N–H and O–H groups in total. The van der Waals surface area contributed by atoms with Gasteiger partial charge in [-0.1, -0.05) is 49.2 Å². The van der Waals surface area contributed by atoms with Crippen LogP contribution in [-0.2, 0) is 11.3 Å². The van der Waals surface area contributed by atoms with Gasteiger partial charge in [-0.15, -0.1) is 0 Å². The van der Waals surface area contributed by atoms with Crippen LogP contribution in [0.3, 0.4) is 0 Å². The van der Waals surface area contributed by atoms with E-state index >= 15 is 0 Å². The van der Waals surface area contributed by atoms with E-state index in [-0.39, 0.29) is 11.8 Å². The normalized spacial score (nSPS) is 17.3. The largest absolute Gasteiger partial charge is 0.330 e. The topological polar surface area (TPSA) is 50.2 Å². The number of nitrogens with one attached hydrogen (secondary N) is 1. The van der Waals surface area contributed by atoms with Crippen molar-refractivity contribution >= 4 is 28.2 Å². The number of imidazole rings is 1. The van der Waals surface area contributed by atoms with E-state index in [2.05, 4.69) is 69.2 Å². The van der Waals surface area contributed by atoms with Gasteiger partial charge >= 0.3 is 0 Å². The molecule has 0 atom stereocenters. The number of nitrogens with zero attached hydrogens (tertiary/aromatic N) is 3. The second-order valence-corrected chi connectivity index (χ2v) is 9.92. The third-order valence-corrected chi connectivity index (χ3v) is 7.46. The van der Waals surface area contributed by atoms with E-state index < -0.39 is 0 Å². The average Bonchev–Trinajstić information content (AvgIpc) is 3.54. The zero-order valence-corrected chi connectivity index (χ0v) is 20.3. The summed E-state index contributed by atoms with van der Waals surface area (Å²) in [5.41, 5.74) is 7.05. The molecule has 1 saturated carbocycles. The van der Waals surface area contributed by atoms with Crippen molar-refractivity contribution in [1.82, 2.24) is 14.5 Å². The van der Waals surface area contributed by atoms with Crippen molar-refractivity contribution in [2.45, 2.75) is 58.4 Å². The van der Waals surface area contributed by atoms with Gasteiger partial charge in [-0.25, -0.2) is 4.98 Å². The molecule has 0 radical (unpaired) electrons. The average molecular weight is 457 g/mol. The van der Waals surface area contributed by atoms with Crippen LogP contribution in [-0.4, -0.2) is 40.0 Å². The highest BCUT2D eigenvalue weighted by molar-refractivity contribution is 5.95. The summed E-state index contributed by atoms with van der Waals surface area (Å²) in [7, 11) is 0. The minimum absolute atomic E-state index is 0.166. The van der Waals surface area contributed by atoms with E-state index in [4.69, 9.17) is 0 Å². The molecule has 2 aromatic carbocycles. The predicted molar refractivity (Wildman–Crippen MR) is 140 cm³/mol.